The van der Waals surface area contributed by atoms with Crippen molar-refractivity contribution in [2.75, 3.05) is 17.2 Å². The summed E-state index contributed by atoms with van der Waals surface area (Å²) in [7, 11) is 0. The van der Waals surface area contributed by atoms with Crippen LogP contribution in [0.25, 0.3) is 6.08 Å². The maximum atomic E-state index is 12.5. The van der Waals surface area contributed by atoms with E-state index in [1.165, 1.54) is 0 Å². The minimum Gasteiger partial charge on any atom is -0.449 e. The van der Waals surface area contributed by atoms with Crippen LogP contribution in [0.2, 0.25) is 0 Å². The molecule has 1 aliphatic rings. The third kappa shape index (κ3) is 2.45. The lowest BCUT2D eigenvalue weighted by molar-refractivity contribution is -0.117. The third-order valence-electron chi connectivity index (χ3n) is 3.27. The molecular weight excluding hydrogens is 266 g/mol. The van der Waals surface area contributed by atoms with Crippen LogP contribution in [-0.4, -0.2) is 17.4 Å². The highest BCUT2D eigenvalue weighted by Crippen LogP contribution is 2.37. The summed E-state index contributed by atoms with van der Waals surface area (Å²) in [6.45, 7) is 2.49. The maximum absolute atomic E-state index is 12.5. The average Bonchev–Trinajstić information content (AvgIpc) is 2.49. The molecule has 2 N–H and O–H groups in total. The van der Waals surface area contributed by atoms with Crippen LogP contribution in [0.15, 0.2) is 48.5 Å². The highest BCUT2D eigenvalue weighted by atomic mass is 16.5. The highest BCUT2D eigenvalue weighted by molar-refractivity contribution is 6.09. The molecule has 2 aromatic rings. The lowest BCUT2D eigenvalue weighted by Crippen LogP contribution is -2.37. The predicted molar refractivity (Wildman–Crippen MR) is 81.7 cm³/mol. The molecule has 0 unspecified atom stereocenters. The van der Waals surface area contributed by atoms with E-state index in [2.05, 4.69) is 4.98 Å². The Morgan fingerprint density at radius 1 is 1.29 bits per heavy atom. The van der Waals surface area contributed by atoms with Crippen LogP contribution in [0.5, 0.6) is 5.75 Å². The van der Waals surface area contributed by atoms with Crippen LogP contribution < -0.4 is 15.4 Å². The van der Waals surface area contributed by atoms with E-state index >= 15 is 0 Å². The molecular formula is C16H15N3O2. The predicted octanol–water partition coefficient (Wildman–Crippen LogP) is 2.45. The van der Waals surface area contributed by atoms with Gasteiger partial charge in [-0.25, -0.2) is 0 Å². The fraction of sp³-hybridized carbons (Fsp3) is 0.125. The van der Waals surface area contributed by atoms with Gasteiger partial charge in [0, 0.05) is 30.7 Å². The molecule has 0 aliphatic carbocycles. The van der Waals surface area contributed by atoms with Gasteiger partial charge in [-0.2, -0.15) is 0 Å². The topological polar surface area (TPSA) is 68.5 Å². The number of ether oxygens (including phenoxy) is 1. The van der Waals surface area contributed by atoms with E-state index in [0.29, 0.717) is 18.0 Å². The summed E-state index contributed by atoms with van der Waals surface area (Å²) >= 11 is 0. The number of nitrogens with zero attached hydrogens (tertiary/aromatic N) is 2. The molecule has 0 spiro atoms. The first kappa shape index (κ1) is 13.2. The van der Waals surface area contributed by atoms with Gasteiger partial charge in [-0.15, -0.1) is 0 Å². The second-order valence-corrected chi connectivity index (χ2v) is 4.67. The normalized spacial score (nSPS) is 15.8. The minimum absolute atomic E-state index is 0.161. The molecule has 0 saturated carbocycles. The fourth-order valence-electron chi connectivity index (χ4n) is 2.26. The van der Waals surface area contributed by atoms with E-state index in [-0.39, 0.29) is 11.7 Å². The number of rotatable bonds is 2. The zero-order chi connectivity index (χ0) is 14.8. The Kier molecular flexibility index (Phi) is 3.31. The number of carbonyl (C=O) groups is 1. The number of nitrogens with two attached hydrogens (primary N) is 1. The quantitative estimate of drug-likeness (QED) is 0.678. The summed E-state index contributed by atoms with van der Waals surface area (Å²) < 4.78 is 5.73. The van der Waals surface area contributed by atoms with E-state index in [9.17, 15) is 4.79 Å². The molecule has 0 fully saturated rings. The van der Waals surface area contributed by atoms with Crippen LogP contribution in [0, 0.1) is 0 Å². The number of anilines is 2. The van der Waals surface area contributed by atoms with Gasteiger partial charge in [-0.3, -0.25) is 9.78 Å². The van der Waals surface area contributed by atoms with Crippen molar-refractivity contribution in [3.63, 3.8) is 0 Å². The van der Waals surface area contributed by atoms with Crippen molar-refractivity contribution in [3.8, 4) is 5.75 Å². The van der Waals surface area contributed by atoms with Gasteiger partial charge in [0.1, 0.15) is 0 Å². The SMILES string of the molecule is CCN1C(=O)/C(=C\c2ccncc2)Oc2cc(N)ccc21. The summed E-state index contributed by atoms with van der Waals surface area (Å²) in [5.41, 5.74) is 7.99. The molecule has 5 heteroatoms. The molecule has 0 atom stereocenters. The van der Waals surface area contributed by atoms with Crippen LogP contribution in [0.3, 0.4) is 0 Å². The monoisotopic (exact) mass is 281 g/mol. The summed E-state index contributed by atoms with van der Waals surface area (Å²) in [6, 6.07) is 8.92. The fourth-order valence-corrected chi connectivity index (χ4v) is 2.26. The summed E-state index contributed by atoms with van der Waals surface area (Å²) in [4.78, 5) is 18.1. The third-order valence-corrected chi connectivity index (χ3v) is 3.27. The molecule has 0 saturated heterocycles. The van der Waals surface area contributed by atoms with Crippen molar-refractivity contribution in [2.24, 2.45) is 0 Å². The van der Waals surface area contributed by atoms with E-state index in [0.717, 1.165) is 11.3 Å². The molecule has 21 heavy (non-hydrogen) atoms. The zero-order valence-electron chi connectivity index (χ0n) is 11.6. The molecule has 106 valence electrons. The number of nitrogen functional groups attached to an aromatic ring is 1. The first-order valence-corrected chi connectivity index (χ1v) is 6.70. The van der Waals surface area contributed by atoms with E-state index in [4.69, 9.17) is 10.5 Å². The zero-order valence-corrected chi connectivity index (χ0v) is 11.6. The maximum Gasteiger partial charge on any atom is 0.294 e. The number of aromatic nitrogens is 1. The molecule has 1 aromatic carbocycles. The largest absolute Gasteiger partial charge is 0.449 e. The Morgan fingerprint density at radius 2 is 2.05 bits per heavy atom. The van der Waals surface area contributed by atoms with Crippen molar-refractivity contribution in [1.29, 1.82) is 0 Å². The first-order valence-electron chi connectivity index (χ1n) is 6.70. The lowest BCUT2D eigenvalue weighted by atomic mass is 10.1. The van der Waals surface area contributed by atoms with Crippen molar-refractivity contribution >= 4 is 23.4 Å². The number of hydrogen-bond donors (Lipinski definition) is 1. The summed E-state index contributed by atoms with van der Waals surface area (Å²) in [5.74, 6) is 0.712. The second kappa shape index (κ2) is 5.28. The van der Waals surface area contributed by atoms with Crippen molar-refractivity contribution in [2.45, 2.75) is 6.92 Å². The second-order valence-electron chi connectivity index (χ2n) is 4.67. The Labute approximate surface area is 122 Å². The average molecular weight is 281 g/mol. The molecule has 0 radical (unpaired) electrons. The van der Waals surface area contributed by atoms with Crippen molar-refractivity contribution in [3.05, 3.63) is 54.0 Å². The molecule has 5 nitrogen and oxygen atoms in total. The Morgan fingerprint density at radius 3 is 2.76 bits per heavy atom. The van der Waals surface area contributed by atoms with Gasteiger partial charge in [-0.1, -0.05) is 0 Å². The highest BCUT2D eigenvalue weighted by Gasteiger charge is 2.29. The molecule has 1 amide bonds. The van der Waals surface area contributed by atoms with Gasteiger partial charge in [0.05, 0.1) is 5.69 Å². The van der Waals surface area contributed by atoms with Crippen LogP contribution in [-0.2, 0) is 4.79 Å². The Hall–Kier alpha value is -2.82. The summed E-state index contributed by atoms with van der Waals surface area (Å²) in [6.07, 6.45) is 5.05. The number of benzene rings is 1. The summed E-state index contributed by atoms with van der Waals surface area (Å²) in [5, 5.41) is 0. The van der Waals surface area contributed by atoms with Crippen molar-refractivity contribution < 1.29 is 9.53 Å². The van der Waals surface area contributed by atoms with Crippen LogP contribution in [0.4, 0.5) is 11.4 Å². The number of hydrogen-bond acceptors (Lipinski definition) is 4. The van der Waals surface area contributed by atoms with Crippen LogP contribution >= 0.6 is 0 Å². The number of pyridine rings is 1. The lowest BCUT2D eigenvalue weighted by Gasteiger charge is -2.29. The number of amides is 1. The first-order chi connectivity index (χ1) is 10.2. The number of likely N-dealkylation sites (N-methyl/N-ethyl adjacent to an activating group) is 1. The minimum atomic E-state index is -0.161. The van der Waals surface area contributed by atoms with Gasteiger partial charge in [0.15, 0.2) is 11.5 Å². The van der Waals surface area contributed by atoms with Crippen LogP contribution in [0.1, 0.15) is 12.5 Å². The van der Waals surface area contributed by atoms with Gasteiger partial charge in [0.25, 0.3) is 5.91 Å². The Balaban J connectivity index is 2.05. The van der Waals surface area contributed by atoms with E-state index in [1.54, 1.807) is 41.6 Å². The van der Waals surface area contributed by atoms with Crippen molar-refractivity contribution in [1.82, 2.24) is 4.98 Å². The molecule has 0 bridgehead atoms. The van der Waals surface area contributed by atoms with E-state index in [1.807, 2.05) is 19.1 Å². The van der Waals surface area contributed by atoms with Gasteiger partial charge in [0.2, 0.25) is 0 Å². The van der Waals surface area contributed by atoms with E-state index < -0.39 is 0 Å². The molecule has 2 heterocycles. The van der Waals surface area contributed by atoms with Gasteiger partial charge in [-0.05, 0) is 42.8 Å². The van der Waals surface area contributed by atoms with Gasteiger partial charge >= 0.3 is 0 Å². The standard InChI is InChI=1S/C16H15N3O2/c1-2-19-13-4-3-12(17)10-14(13)21-15(16(19)20)9-11-5-7-18-8-6-11/h3-10H,2,17H2,1H3/b15-9+. The molecule has 1 aromatic heterocycles. The van der Waals surface area contributed by atoms with Gasteiger partial charge < -0.3 is 15.4 Å². The number of carbonyl (C=O) groups excluding carboxylic acids is 1. The number of fused-ring (bicyclic) bond motifs is 1. The molecule has 1 aliphatic heterocycles. The Bertz CT molecular complexity index is 711. The molecule has 3 rings (SSSR count). The smallest absolute Gasteiger partial charge is 0.294 e.